The van der Waals surface area contributed by atoms with E-state index in [0.29, 0.717) is 29.7 Å². The second-order valence-electron chi connectivity index (χ2n) is 17.7. The maximum Gasteiger partial charge on any atom is 0.325 e. The third kappa shape index (κ3) is 8.96. The van der Waals surface area contributed by atoms with Gasteiger partial charge in [-0.2, -0.15) is 0 Å². The zero-order valence-electron chi connectivity index (χ0n) is 36.9. The van der Waals surface area contributed by atoms with Crippen LogP contribution in [0.4, 0.5) is 0 Å². The second kappa shape index (κ2) is 18.4. The number of carbonyl (C=O) groups is 4. The number of esters is 1. The molecule has 8 rings (SSSR count). The molecule has 12 nitrogen and oxygen atoms in total. The van der Waals surface area contributed by atoms with Crippen LogP contribution in [-0.2, 0) is 35.9 Å². The lowest BCUT2D eigenvalue weighted by Crippen LogP contribution is -2.62. The summed E-state index contributed by atoms with van der Waals surface area (Å²) in [4.78, 5) is 66.8. The second-order valence-corrected chi connectivity index (χ2v) is 17.7. The minimum atomic E-state index is -1.14. The normalized spacial score (nSPS) is 21.1. The quantitative estimate of drug-likeness (QED) is 0.112. The molecule has 4 atom stereocenters. The Balaban J connectivity index is 1.17. The number of hydrogen-bond donors (Lipinski definition) is 3. The predicted molar refractivity (Wildman–Crippen MR) is 246 cm³/mol. The Kier molecular flexibility index (Phi) is 12.6. The molecule has 0 radical (unpaired) electrons. The molecule has 0 aliphatic carbocycles. The van der Waals surface area contributed by atoms with E-state index >= 15 is 0 Å². The molecule has 1 saturated heterocycles. The minimum Gasteiger partial charge on any atom is -0.455 e. The van der Waals surface area contributed by atoms with Crippen molar-refractivity contribution in [3.63, 3.8) is 0 Å². The standard InChI is InChI=1S/C52H55N7O5/c1-34(2)46-47(60)55-45(31-41-32-58(33-53-41)52(38-16-9-6-10-17-38,39-18-11-7-12-19-39)40-20-13-8-14-21-40)48(61)59-29-15-22-43(57-59)49(62)64-35(3)42-26-25-37-24-23-36(30-44(37)54-42)27-28-51(4,5)50(63)56-46/h6-14,16-21,23-28,30,32-35,43,45-46,57H,15,22,29,31H2,1-5H3,(H,55,60)(H,56,63)/t35-,43?,45+,46+/m1/s1. The summed E-state index contributed by atoms with van der Waals surface area (Å²) < 4.78 is 8.03. The molecule has 1 unspecified atom stereocenters. The lowest BCUT2D eigenvalue weighted by Gasteiger charge is -2.37. The summed E-state index contributed by atoms with van der Waals surface area (Å²) in [6, 6.07) is 37.2. The van der Waals surface area contributed by atoms with E-state index in [-0.39, 0.29) is 24.8 Å². The van der Waals surface area contributed by atoms with Crippen LogP contribution in [0.2, 0.25) is 0 Å². The number of cyclic esters (lactones) is 1. The number of aromatic nitrogens is 3. The smallest absolute Gasteiger partial charge is 0.325 e. The largest absolute Gasteiger partial charge is 0.455 e. The van der Waals surface area contributed by atoms with Gasteiger partial charge < -0.3 is 19.9 Å². The van der Waals surface area contributed by atoms with Gasteiger partial charge in [0.2, 0.25) is 11.8 Å². The maximum absolute atomic E-state index is 14.8. The summed E-state index contributed by atoms with van der Waals surface area (Å²) in [7, 11) is 0. The highest BCUT2D eigenvalue weighted by molar-refractivity contribution is 5.94. The fourth-order valence-corrected chi connectivity index (χ4v) is 8.65. The SMILES string of the molecule is CC(C)[C@@H]1NC(=O)C(C)(C)C=Cc2ccc3ccc(nc3c2)[C@@H](C)OC(=O)C2CCCN(N2)C(=O)[C@H](Cc2cn(C(c3ccccc3)(c3ccccc3)c3ccccc3)cn2)NC1=O. The molecule has 2 aliphatic rings. The number of hydrazine groups is 1. The summed E-state index contributed by atoms with van der Waals surface area (Å²) in [6.07, 6.45) is 7.65. The monoisotopic (exact) mass is 857 g/mol. The molecule has 0 spiro atoms. The van der Waals surface area contributed by atoms with Crippen molar-refractivity contribution in [2.24, 2.45) is 11.3 Å². The molecule has 3 amide bonds. The Labute approximate surface area is 374 Å². The van der Waals surface area contributed by atoms with Crippen molar-refractivity contribution in [1.29, 1.82) is 0 Å². The van der Waals surface area contributed by atoms with E-state index in [1.807, 2.05) is 111 Å². The van der Waals surface area contributed by atoms with Gasteiger partial charge in [0.05, 0.1) is 28.6 Å². The van der Waals surface area contributed by atoms with Crippen molar-refractivity contribution >= 4 is 40.7 Å². The number of rotatable bonds is 7. The van der Waals surface area contributed by atoms with Crippen LogP contribution in [0.5, 0.6) is 0 Å². The third-order valence-electron chi connectivity index (χ3n) is 12.3. The third-order valence-corrected chi connectivity index (χ3v) is 12.3. The Morgan fingerprint density at radius 1 is 0.828 bits per heavy atom. The van der Waals surface area contributed by atoms with Crippen molar-refractivity contribution in [2.45, 2.75) is 83.6 Å². The molecule has 2 aromatic heterocycles. The van der Waals surface area contributed by atoms with Crippen LogP contribution in [0.25, 0.3) is 17.0 Å². The molecule has 4 heterocycles. The van der Waals surface area contributed by atoms with Crippen LogP contribution in [0, 0.1) is 11.3 Å². The average molecular weight is 858 g/mol. The summed E-state index contributed by atoms with van der Waals surface area (Å²) in [5.41, 5.74) is 6.92. The van der Waals surface area contributed by atoms with Gasteiger partial charge in [0.1, 0.15) is 29.8 Å². The van der Waals surface area contributed by atoms with Gasteiger partial charge in [0.25, 0.3) is 5.91 Å². The van der Waals surface area contributed by atoms with Crippen LogP contribution in [0.15, 0.2) is 140 Å². The van der Waals surface area contributed by atoms with E-state index < -0.39 is 53.0 Å². The van der Waals surface area contributed by atoms with Crippen molar-refractivity contribution in [3.8, 4) is 0 Å². The molecule has 2 aliphatic heterocycles. The first-order valence-corrected chi connectivity index (χ1v) is 22.0. The zero-order valence-corrected chi connectivity index (χ0v) is 36.9. The van der Waals surface area contributed by atoms with Gasteiger partial charge in [-0.3, -0.25) is 24.2 Å². The van der Waals surface area contributed by atoms with Crippen molar-refractivity contribution in [2.75, 3.05) is 6.54 Å². The van der Waals surface area contributed by atoms with E-state index in [1.54, 1.807) is 33.2 Å². The van der Waals surface area contributed by atoms with Crippen LogP contribution in [0.1, 0.15) is 87.2 Å². The van der Waals surface area contributed by atoms with E-state index in [4.69, 9.17) is 14.7 Å². The molecule has 64 heavy (non-hydrogen) atoms. The molecule has 5 bridgehead atoms. The van der Waals surface area contributed by atoms with E-state index in [1.165, 1.54) is 5.01 Å². The number of ether oxygens (including phenoxy) is 1. The summed E-state index contributed by atoms with van der Waals surface area (Å²) in [5.74, 6) is -2.17. The number of pyridine rings is 1. The lowest BCUT2D eigenvalue weighted by molar-refractivity contribution is -0.157. The van der Waals surface area contributed by atoms with Crippen molar-refractivity contribution in [1.82, 2.24) is 35.6 Å². The highest BCUT2D eigenvalue weighted by atomic mass is 16.5. The minimum absolute atomic E-state index is 0.00989. The number of amides is 3. The fourth-order valence-electron chi connectivity index (χ4n) is 8.65. The number of hydrogen-bond acceptors (Lipinski definition) is 8. The number of fused-ring (bicyclic) bond motifs is 4. The maximum atomic E-state index is 14.8. The van der Waals surface area contributed by atoms with E-state index in [2.05, 4.69) is 57.0 Å². The average Bonchev–Trinajstić information content (AvgIpc) is 3.78. The number of nitrogens with zero attached hydrogens (tertiary/aromatic N) is 4. The Morgan fingerprint density at radius 3 is 2.08 bits per heavy atom. The zero-order chi connectivity index (χ0) is 45.0. The fraction of sp³-hybridized carbons (Fsp3) is 0.308. The van der Waals surface area contributed by atoms with Gasteiger partial charge in [-0.25, -0.2) is 15.4 Å². The molecule has 0 saturated carbocycles. The molecule has 1 fully saturated rings. The molecule has 3 N–H and O–H groups in total. The highest BCUT2D eigenvalue weighted by Crippen LogP contribution is 2.41. The van der Waals surface area contributed by atoms with Crippen LogP contribution in [0.3, 0.4) is 0 Å². The number of imidazole rings is 1. The van der Waals surface area contributed by atoms with Crippen molar-refractivity contribution in [3.05, 3.63) is 174 Å². The van der Waals surface area contributed by atoms with E-state index in [0.717, 1.165) is 27.6 Å². The number of nitrogens with one attached hydrogen (secondary N) is 3. The first kappa shape index (κ1) is 43.7. The molecule has 12 heteroatoms. The van der Waals surface area contributed by atoms with Crippen LogP contribution >= 0.6 is 0 Å². The Bertz CT molecular complexity index is 2570. The van der Waals surface area contributed by atoms with Crippen LogP contribution < -0.4 is 16.1 Å². The van der Waals surface area contributed by atoms with Crippen LogP contribution in [-0.4, -0.2) is 67.9 Å². The Hall–Kier alpha value is -6.92. The van der Waals surface area contributed by atoms with E-state index in [9.17, 15) is 19.2 Å². The topological polar surface area (TPSA) is 148 Å². The molecule has 4 aromatic carbocycles. The molecule has 328 valence electrons. The predicted octanol–water partition coefficient (Wildman–Crippen LogP) is 7.29. The first-order chi connectivity index (χ1) is 30.8. The summed E-state index contributed by atoms with van der Waals surface area (Å²) in [5, 5.41) is 8.33. The van der Waals surface area contributed by atoms with Gasteiger partial charge in [-0.05, 0) is 73.9 Å². The number of carbonyl (C=O) groups excluding carboxylic acids is 4. The lowest BCUT2D eigenvalue weighted by atomic mass is 9.77. The molecular formula is C52H55N7O5. The summed E-state index contributed by atoms with van der Waals surface area (Å²) in [6.45, 7) is 9.34. The van der Waals surface area contributed by atoms with Gasteiger partial charge in [-0.15, -0.1) is 0 Å². The van der Waals surface area contributed by atoms with Gasteiger partial charge in [0.15, 0.2) is 0 Å². The van der Waals surface area contributed by atoms with Gasteiger partial charge >= 0.3 is 5.97 Å². The summed E-state index contributed by atoms with van der Waals surface area (Å²) >= 11 is 0. The number of benzene rings is 4. The molecule has 6 aromatic rings. The first-order valence-electron chi connectivity index (χ1n) is 22.0. The molecular weight excluding hydrogens is 803 g/mol. The van der Waals surface area contributed by atoms with Gasteiger partial charge in [-0.1, -0.05) is 135 Å². The van der Waals surface area contributed by atoms with Crippen molar-refractivity contribution < 1.29 is 23.9 Å². The highest BCUT2D eigenvalue weighted by Gasteiger charge is 2.40. The van der Waals surface area contributed by atoms with Gasteiger partial charge in [0, 0.05) is 24.5 Å². The Morgan fingerprint density at radius 2 is 1.45 bits per heavy atom.